The van der Waals surface area contributed by atoms with Crippen LogP contribution in [0.5, 0.6) is 0 Å². The molecule has 0 aliphatic heterocycles. The maximum Gasteiger partial charge on any atom is 0.251 e. The summed E-state index contributed by atoms with van der Waals surface area (Å²) in [5.74, 6) is -1.19. The van der Waals surface area contributed by atoms with Crippen molar-refractivity contribution in [2.75, 3.05) is 6.54 Å². The number of hydrogen-bond acceptors (Lipinski definition) is 3. The molecule has 0 spiro atoms. The van der Waals surface area contributed by atoms with Crippen molar-refractivity contribution in [2.24, 2.45) is 5.73 Å². The highest BCUT2D eigenvalue weighted by Gasteiger charge is 2.09. The smallest absolute Gasteiger partial charge is 0.251 e. The number of carbonyl (C=O) groups is 3. The average Bonchev–Trinajstić information content (AvgIpc) is 2.60. The topological polar surface area (TPSA) is 101 Å². The number of hydrogen-bond donors (Lipinski definition) is 3. The maximum atomic E-state index is 12.0. The number of carbonyl (C=O) groups excluding carboxylic acids is 3. The van der Waals surface area contributed by atoms with Gasteiger partial charge in [-0.25, -0.2) is 0 Å². The summed E-state index contributed by atoms with van der Waals surface area (Å²) in [6.07, 6.45) is 0.142. The molecule has 6 nitrogen and oxygen atoms in total. The van der Waals surface area contributed by atoms with Gasteiger partial charge in [-0.3, -0.25) is 14.4 Å². The van der Waals surface area contributed by atoms with Crippen LogP contribution >= 0.6 is 23.2 Å². The Labute approximate surface area is 160 Å². The van der Waals surface area contributed by atoms with Gasteiger partial charge in [0.1, 0.15) is 0 Å². The van der Waals surface area contributed by atoms with Crippen molar-refractivity contribution >= 4 is 40.9 Å². The molecular weight excluding hydrogens is 377 g/mol. The van der Waals surface area contributed by atoms with Crippen LogP contribution in [0.2, 0.25) is 10.0 Å². The lowest BCUT2D eigenvalue weighted by Crippen LogP contribution is -2.33. The van der Waals surface area contributed by atoms with E-state index < -0.39 is 11.8 Å². The molecule has 3 amide bonds. The Balaban J connectivity index is 1.86. The summed E-state index contributed by atoms with van der Waals surface area (Å²) < 4.78 is 0. The molecule has 136 valence electrons. The van der Waals surface area contributed by atoms with E-state index >= 15 is 0 Å². The Morgan fingerprint density at radius 3 is 2.27 bits per heavy atom. The third-order valence-electron chi connectivity index (χ3n) is 3.50. The van der Waals surface area contributed by atoms with Crippen molar-refractivity contribution in [1.29, 1.82) is 0 Å². The van der Waals surface area contributed by atoms with E-state index in [4.69, 9.17) is 28.9 Å². The second-order valence-corrected chi connectivity index (χ2v) is 6.38. The van der Waals surface area contributed by atoms with Crippen LogP contribution in [0, 0.1) is 0 Å². The maximum absolute atomic E-state index is 12.0. The van der Waals surface area contributed by atoms with Gasteiger partial charge in [-0.2, -0.15) is 0 Å². The highest BCUT2D eigenvalue weighted by atomic mass is 35.5. The Kier molecular flexibility index (Phi) is 7.00. The molecule has 0 bridgehead atoms. The quantitative estimate of drug-likeness (QED) is 0.670. The Bertz CT molecular complexity index is 823. The highest BCUT2D eigenvalue weighted by Crippen LogP contribution is 2.21. The zero-order chi connectivity index (χ0) is 19.1. The van der Waals surface area contributed by atoms with Gasteiger partial charge in [-0.05, 0) is 35.4 Å². The number of rotatable bonds is 7. The van der Waals surface area contributed by atoms with Crippen molar-refractivity contribution in [3.05, 3.63) is 69.2 Å². The molecule has 0 aliphatic rings. The molecule has 0 fully saturated rings. The number of halogens is 2. The zero-order valence-corrected chi connectivity index (χ0v) is 15.2. The molecule has 0 heterocycles. The molecule has 0 atom stereocenters. The average molecular weight is 394 g/mol. The lowest BCUT2D eigenvalue weighted by Gasteiger charge is -2.08. The molecular formula is C18H17Cl2N3O3. The van der Waals surface area contributed by atoms with Gasteiger partial charge in [0.15, 0.2) is 0 Å². The second-order valence-electron chi connectivity index (χ2n) is 5.54. The lowest BCUT2D eigenvalue weighted by molar-refractivity contribution is -0.120. The summed E-state index contributed by atoms with van der Waals surface area (Å²) in [4.78, 5) is 34.5. The summed E-state index contributed by atoms with van der Waals surface area (Å²) in [5, 5.41) is 6.14. The molecule has 0 saturated heterocycles. The third kappa shape index (κ3) is 6.06. The first-order chi connectivity index (χ1) is 12.3. The van der Waals surface area contributed by atoms with Crippen molar-refractivity contribution < 1.29 is 14.4 Å². The van der Waals surface area contributed by atoms with E-state index in [9.17, 15) is 14.4 Å². The molecule has 2 aromatic carbocycles. The van der Waals surface area contributed by atoms with Gasteiger partial charge in [0.05, 0.1) is 13.0 Å². The predicted octanol–water partition coefficient (Wildman–Crippen LogP) is 2.07. The minimum absolute atomic E-state index is 0.142. The lowest BCUT2D eigenvalue weighted by atomic mass is 10.1. The van der Waals surface area contributed by atoms with E-state index in [1.807, 2.05) is 0 Å². The monoisotopic (exact) mass is 393 g/mol. The fourth-order valence-electron chi connectivity index (χ4n) is 2.14. The minimum Gasteiger partial charge on any atom is -0.368 e. The van der Waals surface area contributed by atoms with Crippen LogP contribution in [0.1, 0.15) is 21.5 Å². The number of nitrogens with two attached hydrogens (primary N) is 1. The van der Waals surface area contributed by atoms with Crippen LogP contribution in [0.15, 0.2) is 42.5 Å². The summed E-state index contributed by atoms with van der Waals surface area (Å²) in [5.41, 5.74) is 6.89. The van der Waals surface area contributed by atoms with Crippen LogP contribution in [-0.4, -0.2) is 24.3 Å². The van der Waals surface area contributed by atoms with E-state index in [-0.39, 0.29) is 18.9 Å². The largest absolute Gasteiger partial charge is 0.368 e. The van der Waals surface area contributed by atoms with Crippen LogP contribution in [0.25, 0.3) is 0 Å². The summed E-state index contributed by atoms with van der Waals surface area (Å²) in [7, 11) is 0. The fourth-order valence-corrected chi connectivity index (χ4v) is 2.62. The van der Waals surface area contributed by atoms with Gasteiger partial charge in [0, 0.05) is 22.2 Å². The van der Waals surface area contributed by atoms with Crippen LogP contribution in [-0.2, 0) is 22.6 Å². The predicted molar refractivity (Wildman–Crippen MR) is 100.0 cm³/mol. The Hall–Kier alpha value is -2.57. The van der Waals surface area contributed by atoms with Gasteiger partial charge in [-0.15, -0.1) is 0 Å². The van der Waals surface area contributed by atoms with Crippen LogP contribution in [0.4, 0.5) is 0 Å². The first kappa shape index (κ1) is 19.8. The number of amides is 3. The van der Waals surface area contributed by atoms with E-state index in [0.29, 0.717) is 27.7 Å². The molecule has 2 aromatic rings. The van der Waals surface area contributed by atoms with Crippen molar-refractivity contribution in [1.82, 2.24) is 10.6 Å². The minimum atomic E-state index is -0.613. The SMILES string of the molecule is NC(=O)CNC(=O)c1ccc(CNC(=O)Cc2ccc(Cl)cc2Cl)cc1. The summed E-state index contributed by atoms with van der Waals surface area (Å²) in [6, 6.07) is 11.6. The molecule has 8 heteroatoms. The Morgan fingerprint density at radius 1 is 0.962 bits per heavy atom. The van der Waals surface area contributed by atoms with E-state index in [2.05, 4.69) is 10.6 Å². The molecule has 0 aromatic heterocycles. The first-order valence-corrected chi connectivity index (χ1v) is 8.47. The van der Waals surface area contributed by atoms with Crippen molar-refractivity contribution in [3.63, 3.8) is 0 Å². The fraction of sp³-hybridized carbons (Fsp3) is 0.167. The summed E-state index contributed by atoms with van der Waals surface area (Å²) >= 11 is 11.9. The molecule has 4 N–H and O–H groups in total. The molecule has 2 rings (SSSR count). The van der Waals surface area contributed by atoms with Gasteiger partial charge in [0.25, 0.3) is 5.91 Å². The second kappa shape index (κ2) is 9.22. The van der Waals surface area contributed by atoms with Crippen LogP contribution in [0.3, 0.4) is 0 Å². The number of nitrogens with one attached hydrogen (secondary N) is 2. The molecule has 0 unspecified atom stereocenters. The van der Waals surface area contributed by atoms with E-state index in [1.165, 1.54) is 0 Å². The zero-order valence-electron chi connectivity index (χ0n) is 13.7. The highest BCUT2D eigenvalue weighted by molar-refractivity contribution is 6.35. The van der Waals surface area contributed by atoms with Crippen molar-refractivity contribution in [3.8, 4) is 0 Å². The van der Waals surface area contributed by atoms with Gasteiger partial charge in [-0.1, -0.05) is 41.4 Å². The normalized spacial score (nSPS) is 10.2. The number of benzene rings is 2. The molecule has 0 aliphatic carbocycles. The van der Waals surface area contributed by atoms with E-state index in [1.54, 1.807) is 42.5 Å². The van der Waals surface area contributed by atoms with Crippen molar-refractivity contribution in [2.45, 2.75) is 13.0 Å². The third-order valence-corrected chi connectivity index (χ3v) is 4.08. The first-order valence-electron chi connectivity index (χ1n) is 7.71. The number of primary amides is 1. The van der Waals surface area contributed by atoms with E-state index in [0.717, 1.165) is 5.56 Å². The van der Waals surface area contributed by atoms with Gasteiger partial charge >= 0.3 is 0 Å². The van der Waals surface area contributed by atoms with Gasteiger partial charge in [0.2, 0.25) is 11.8 Å². The Morgan fingerprint density at radius 2 is 1.65 bits per heavy atom. The summed E-state index contributed by atoms with van der Waals surface area (Å²) in [6.45, 7) is 0.0944. The van der Waals surface area contributed by atoms with Crippen LogP contribution < -0.4 is 16.4 Å². The van der Waals surface area contributed by atoms with Gasteiger partial charge < -0.3 is 16.4 Å². The molecule has 26 heavy (non-hydrogen) atoms. The molecule has 0 saturated carbocycles. The standard InChI is InChI=1S/C18H17Cl2N3O3/c19-14-6-5-13(15(20)8-14)7-17(25)22-9-11-1-3-12(4-2-11)18(26)23-10-16(21)24/h1-6,8H,7,9-10H2,(H2,21,24)(H,22,25)(H,23,26). The molecule has 0 radical (unpaired) electrons.